The van der Waals surface area contributed by atoms with Gasteiger partial charge in [0.05, 0.1) is 5.75 Å². The normalized spacial score (nSPS) is 15.5. The number of benzene rings is 2. The highest BCUT2D eigenvalue weighted by molar-refractivity contribution is 7.88. The van der Waals surface area contributed by atoms with E-state index in [9.17, 15) is 13.2 Å². The van der Waals surface area contributed by atoms with Crippen LogP contribution < -0.4 is 5.32 Å². The maximum absolute atomic E-state index is 12.5. The van der Waals surface area contributed by atoms with Crippen molar-refractivity contribution in [2.45, 2.75) is 31.9 Å². The monoisotopic (exact) mass is 406 g/mol. The Kier molecular flexibility index (Phi) is 6.19. The second-order valence-corrected chi connectivity index (χ2v) is 9.23. The molecule has 1 N–H and O–H groups in total. The van der Waals surface area contributed by atoms with Crippen LogP contribution in [-0.2, 0) is 15.8 Å². The highest BCUT2D eigenvalue weighted by Gasteiger charge is 2.24. The Morgan fingerprint density at radius 2 is 1.74 bits per heavy atom. The van der Waals surface area contributed by atoms with Gasteiger partial charge in [-0.2, -0.15) is 0 Å². The lowest BCUT2D eigenvalue weighted by Gasteiger charge is -2.25. The lowest BCUT2D eigenvalue weighted by atomic mass is 10.1. The van der Waals surface area contributed by atoms with Crippen LogP contribution in [0.3, 0.4) is 0 Å². The number of nitrogens with zero attached hydrogens (tertiary/aromatic N) is 1. The number of rotatable bonds is 5. The first-order chi connectivity index (χ1) is 12.8. The van der Waals surface area contributed by atoms with Crippen LogP contribution in [0.25, 0.3) is 0 Å². The molecule has 0 saturated carbocycles. The van der Waals surface area contributed by atoms with Crippen LogP contribution in [0.5, 0.6) is 0 Å². The predicted octanol–water partition coefficient (Wildman–Crippen LogP) is 4.22. The highest BCUT2D eigenvalue weighted by atomic mass is 35.5. The topological polar surface area (TPSA) is 66.5 Å². The molecular formula is C20H23ClN2O3S. The zero-order valence-electron chi connectivity index (χ0n) is 15.2. The lowest BCUT2D eigenvalue weighted by Crippen LogP contribution is -2.36. The summed E-state index contributed by atoms with van der Waals surface area (Å²) in [5, 5.41) is 3.39. The summed E-state index contributed by atoms with van der Waals surface area (Å²) in [6.07, 6.45) is 2.92. The first-order valence-electron chi connectivity index (χ1n) is 8.99. The number of halogens is 1. The van der Waals surface area contributed by atoms with E-state index < -0.39 is 10.0 Å². The van der Waals surface area contributed by atoms with Gasteiger partial charge in [-0.25, -0.2) is 12.7 Å². The van der Waals surface area contributed by atoms with Crippen molar-refractivity contribution < 1.29 is 13.2 Å². The molecule has 1 saturated heterocycles. The van der Waals surface area contributed by atoms with Gasteiger partial charge in [0, 0.05) is 29.4 Å². The van der Waals surface area contributed by atoms with Crippen LogP contribution in [-0.4, -0.2) is 31.7 Å². The highest BCUT2D eigenvalue weighted by Crippen LogP contribution is 2.21. The minimum Gasteiger partial charge on any atom is -0.322 e. The van der Waals surface area contributed by atoms with E-state index in [0.717, 1.165) is 24.8 Å². The van der Waals surface area contributed by atoms with Gasteiger partial charge in [-0.3, -0.25) is 4.79 Å². The number of hydrogen-bond donors (Lipinski definition) is 1. The molecule has 0 aromatic heterocycles. The first kappa shape index (κ1) is 19.9. The number of nitrogens with one attached hydrogen (secondary N) is 1. The Hall–Kier alpha value is -1.89. The zero-order valence-corrected chi connectivity index (χ0v) is 16.8. The molecule has 5 nitrogen and oxygen atoms in total. The van der Waals surface area contributed by atoms with E-state index in [-0.39, 0.29) is 11.7 Å². The number of sulfonamides is 1. The number of aryl methyl sites for hydroxylation is 1. The fourth-order valence-electron chi connectivity index (χ4n) is 3.12. The van der Waals surface area contributed by atoms with Crippen LogP contribution in [0.2, 0.25) is 5.02 Å². The van der Waals surface area contributed by atoms with E-state index in [1.165, 1.54) is 0 Å². The minimum atomic E-state index is -3.31. The average Bonchev–Trinajstić information content (AvgIpc) is 2.66. The second-order valence-electron chi connectivity index (χ2n) is 6.83. The van der Waals surface area contributed by atoms with Crippen LogP contribution >= 0.6 is 11.6 Å². The third-order valence-corrected chi connectivity index (χ3v) is 6.81. The van der Waals surface area contributed by atoms with Gasteiger partial charge in [0.2, 0.25) is 10.0 Å². The summed E-state index contributed by atoms with van der Waals surface area (Å²) in [6, 6.07) is 12.0. The van der Waals surface area contributed by atoms with Gasteiger partial charge in [0.25, 0.3) is 5.91 Å². The van der Waals surface area contributed by atoms with Crippen molar-refractivity contribution >= 4 is 33.2 Å². The van der Waals surface area contributed by atoms with Crippen molar-refractivity contribution in [3.8, 4) is 0 Å². The van der Waals surface area contributed by atoms with Crippen molar-refractivity contribution in [3.63, 3.8) is 0 Å². The van der Waals surface area contributed by atoms with Crippen molar-refractivity contribution in [2.75, 3.05) is 18.4 Å². The number of amides is 1. The second kappa shape index (κ2) is 8.42. The quantitative estimate of drug-likeness (QED) is 0.808. The van der Waals surface area contributed by atoms with Crippen molar-refractivity contribution in [3.05, 3.63) is 64.2 Å². The molecule has 1 amide bonds. The molecule has 1 fully saturated rings. The Labute approximate surface area is 165 Å². The molecule has 0 spiro atoms. The molecule has 0 atom stereocenters. The zero-order chi connectivity index (χ0) is 19.4. The van der Waals surface area contributed by atoms with Gasteiger partial charge < -0.3 is 5.32 Å². The first-order valence-corrected chi connectivity index (χ1v) is 11.0. The summed E-state index contributed by atoms with van der Waals surface area (Å²) in [6.45, 7) is 3.09. The SMILES string of the molecule is Cc1ccc(Cl)cc1NC(=O)c1ccc(CS(=O)(=O)N2CCCCC2)cc1. The van der Waals surface area contributed by atoms with Gasteiger partial charge in [-0.15, -0.1) is 0 Å². The maximum Gasteiger partial charge on any atom is 0.255 e. The Balaban J connectivity index is 1.67. The average molecular weight is 407 g/mol. The van der Waals surface area contributed by atoms with Gasteiger partial charge in [0.15, 0.2) is 0 Å². The molecule has 0 aliphatic carbocycles. The molecule has 0 bridgehead atoms. The standard InChI is InChI=1S/C20H23ClN2O3S/c1-15-5-10-18(21)13-19(15)22-20(24)17-8-6-16(7-9-17)14-27(25,26)23-11-3-2-4-12-23/h5-10,13H,2-4,11-12,14H2,1H3,(H,22,24). The molecular weight excluding hydrogens is 384 g/mol. The van der Waals surface area contributed by atoms with Crippen molar-refractivity contribution in [2.24, 2.45) is 0 Å². The number of piperidine rings is 1. The fraction of sp³-hybridized carbons (Fsp3) is 0.350. The van der Waals surface area contributed by atoms with Gasteiger partial charge in [-0.1, -0.05) is 36.2 Å². The summed E-state index contributed by atoms with van der Waals surface area (Å²) >= 11 is 5.98. The predicted molar refractivity (Wildman–Crippen MR) is 109 cm³/mol. The van der Waals surface area contributed by atoms with Crippen LogP contribution in [0.1, 0.15) is 40.7 Å². The van der Waals surface area contributed by atoms with Gasteiger partial charge >= 0.3 is 0 Å². The largest absolute Gasteiger partial charge is 0.322 e. The van der Waals surface area contributed by atoms with Gasteiger partial charge in [0.1, 0.15) is 0 Å². The minimum absolute atomic E-state index is 0.0394. The third-order valence-electron chi connectivity index (χ3n) is 4.72. The number of carbonyl (C=O) groups excluding carboxylic acids is 1. The maximum atomic E-state index is 12.5. The molecule has 3 rings (SSSR count). The molecule has 27 heavy (non-hydrogen) atoms. The molecule has 144 valence electrons. The van der Waals surface area contributed by atoms with E-state index >= 15 is 0 Å². The molecule has 0 unspecified atom stereocenters. The van der Waals surface area contributed by atoms with Crippen molar-refractivity contribution in [1.82, 2.24) is 4.31 Å². The van der Waals surface area contributed by atoms with E-state index in [1.807, 2.05) is 13.0 Å². The molecule has 2 aromatic rings. The number of hydrogen-bond acceptors (Lipinski definition) is 3. The molecule has 1 aliphatic rings. The van der Waals surface area contributed by atoms with Crippen LogP contribution in [0, 0.1) is 6.92 Å². The van der Waals surface area contributed by atoms with E-state index in [1.54, 1.807) is 40.7 Å². The lowest BCUT2D eigenvalue weighted by molar-refractivity contribution is 0.102. The fourth-order valence-corrected chi connectivity index (χ4v) is 4.90. The van der Waals surface area contributed by atoms with Crippen LogP contribution in [0.4, 0.5) is 5.69 Å². The summed E-state index contributed by atoms with van der Waals surface area (Å²) in [7, 11) is -3.31. The summed E-state index contributed by atoms with van der Waals surface area (Å²) in [4.78, 5) is 12.4. The Morgan fingerprint density at radius 3 is 2.41 bits per heavy atom. The van der Waals surface area contributed by atoms with E-state index in [4.69, 9.17) is 11.6 Å². The Morgan fingerprint density at radius 1 is 1.07 bits per heavy atom. The molecule has 2 aromatic carbocycles. The summed E-state index contributed by atoms with van der Waals surface area (Å²) in [5.74, 6) is -0.298. The van der Waals surface area contributed by atoms with Gasteiger partial charge in [-0.05, 0) is 55.2 Å². The number of carbonyl (C=O) groups is 1. The van der Waals surface area contributed by atoms with E-state index in [0.29, 0.717) is 34.9 Å². The summed E-state index contributed by atoms with van der Waals surface area (Å²) in [5.41, 5.74) is 2.71. The van der Waals surface area contributed by atoms with Crippen molar-refractivity contribution in [1.29, 1.82) is 0 Å². The Bertz CT molecular complexity index is 921. The molecule has 1 aliphatic heterocycles. The number of anilines is 1. The smallest absolute Gasteiger partial charge is 0.255 e. The van der Waals surface area contributed by atoms with Crippen LogP contribution in [0.15, 0.2) is 42.5 Å². The molecule has 0 radical (unpaired) electrons. The van der Waals surface area contributed by atoms with E-state index in [2.05, 4.69) is 5.32 Å². The summed E-state index contributed by atoms with van der Waals surface area (Å²) < 4.78 is 26.6. The molecule has 7 heteroatoms. The third kappa shape index (κ3) is 5.09. The molecule has 1 heterocycles.